The van der Waals surface area contributed by atoms with E-state index in [1.165, 1.54) is 44.6 Å². The molecule has 448 valence electrons. The second kappa shape index (κ2) is 57.5. The second-order valence-corrected chi connectivity index (χ2v) is 21.3. The third-order valence-corrected chi connectivity index (χ3v) is 14.8. The maximum absolute atomic E-state index is 13.4. The van der Waals surface area contributed by atoms with Crippen molar-refractivity contribution in [1.29, 1.82) is 0 Å². The Kier molecular flexibility index (Phi) is 63.3. The summed E-state index contributed by atoms with van der Waals surface area (Å²) in [7, 11) is 3.81. The molecule has 12 heteroatoms. The van der Waals surface area contributed by atoms with Crippen LogP contribution in [-0.2, 0) is 35.3 Å². The van der Waals surface area contributed by atoms with Gasteiger partial charge in [-0.3, -0.25) is 19.2 Å². The number of aromatic nitrogens is 1. The molecule has 0 fully saturated rings. The number of nitrogens with two attached hydrogens (primary N) is 1. The highest BCUT2D eigenvalue weighted by atomic mass is 32.1. The lowest BCUT2D eigenvalue weighted by Gasteiger charge is -2.42. The van der Waals surface area contributed by atoms with Crippen LogP contribution in [0.2, 0.25) is 0 Å². The number of rotatable bonds is 28. The Bertz CT molecular complexity index is 1560. The van der Waals surface area contributed by atoms with Crippen LogP contribution < -0.4 is 11.1 Å². The molecule has 2 aromatic rings. The first-order valence-corrected chi connectivity index (χ1v) is 30.8. The van der Waals surface area contributed by atoms with Crippen LogP contribution in [0.1, 0.15) is 233 Å². The van der Waals surface area contributed by atoms with E-state index < -0.39 is 0 Å². The van der Waals surface area contributed by atoms with Crippen molar-refractivity contribution in [3.05, 3.63) is 52.5 Å². The van der Waals surface area contributed by atoms with Crippen molar-refractivity contribution in [2.75, 3.05) is 27.3 Å². The van der Waals surface area contributed by atoms with Crippen LogP contribution in [0.3, 0.4) is 0 Å². The van der Waals surface area contributed by atoms with Crippen LogP contribution in [0.4, 0.5) is 0 Å². The van der Waals surface area contributed by atoms with Crippen molar-refractivity contribution in [2.24, 2.45) is 59.0 Å². The molecule has 11 nitrogen and oxygen atoms in total. The van der Waals surface area contributed by atoms with Crippen molar-refractivity contribution in [1.82, 2.24) is 20.1 Å². The zero-order chi connectivity index (χ0) is 60.2. The Hall–Kier alpha value is -3.64. The lowest BCUT2D eigenvalue weighted by molar-refractivity contribution is -0.140. The molecule has 1 aromatic carbocycles. The van der Waals surface area contributed by atoms with Crippen LogP contribution in [-0.4, -0.2) is 84.6 Å². The molecule has 0 spiro atoms. The molecular weight excluding hydrogens is 967 g/mol. The van der Waals surface area contributed by atoms with Gasteiger partial charge in [0.25, 0.3) is 0 Å². The van der Waals surface area contributed by atoms with Gasteiger partial charge in [-0.1, -0.05) is 232 Å². The predicted octanol–water partition coefficient (Wildman–Crippen LogP) is 16.3. The first kappa shape index (κ1) is 83.7. The van der Waals surface area contributed by atoms with E-state index in [1.807, 2.05) is 70.3 Å². The highest BCUT2D eigenvalue weighted by Gasteiger charge is 2.36. The molecule has 10 unspecified atom stereocenters. The molecule has 3 N–H and O–H groups in total. The van der Waals surface area contributed by atoms with Gasteiger partial charge < -0.3 is 30.4 Å². The molecule has 0 saturated carbocycles. The van der Waals surface area contributed by atoms with Gasteiger partial charge in [0.1, 0.15) is 11.3 Å². The molecule has 1 heterocycles. The van der Waals surface area contributed by atoms with Gasteiger partial charge >= 0.3 is 0 Å². The number of carbonyl (C=O) groups is 5. The van der Waals surface area contributed by atoms with Crippen molar-refractivity contribution < 1.29 is 28.7 Å². The summed E-state index contributed by atoms with van der Waals surface area (Å²) < 4.78 is 5.48. The Labute approximate surface area is 475 Å². The van der Waals surface area contributed by atoms with Crippen LogP contribution >= 0.6 is 11.3 Å². The van der Waals surface area contributed by atoms with Crippen molar-refractivity contribution in [3.63, 3.8) is 0 Å². The number of carbonyl (C=O) groups excluding carboxylic acids is 5. The number of amides is 4. The fourth-order valence-electron chi connectivity index (χ4n) is 9.07. The fraction of sp³-hybridized carbons (Fsp3) is 0.781. The van der Waals surface area contributed by atoms with E-state index in [-0.39, 0.29) is 48.1 Å². The van der Waals surface area contributed by atoms with E-state index in [2.05, 4.69) is 146 Å². The molecule has 0 aliphatic rings. The van der Waals surface area contributed by atoms with Gasteiger partial charge in [-0.25, -0.2) is 4.98 Å². The van der Waals surface area contributed by atoms with E-state index in [0.717, 1.165) is 49.3 Å². The Balaban J connectivity index is -0.000000239. The number of aryl methyl sites for hydroxylation is 1. The minimum atomic E-state index is -0.102. The zero-order valence-electron chi connectivity index (χ0n) is 53.9. The molecule has 0 saturated heterocycles. The quantitative estimate of drug-likeness (QED) is 0.0636. The largest absolute Gasteiger partial charge is 0.381 e. The molecule has 4 amide bonds. The van der Waals surface area contributed by atoms with Gasteiger partial charge in [-0.05, 0) is 67.6 Å². The van der Waals surface area contributed by atoms with Crippen molar-refractivity contribution in [2.45, 2.75) is 248 Å². The summed E-state index contributed by atoms with van der Waals surface area (Å²) in [5, 5.41) is 6.02. The summed E-state index contributed by atoms with van der Waals surface area (Å²) in [5.41, 5.74) is 5.49. The van der Waals surface area contributed by atoms with Gasteiger partial charge in [-0.2, -0.15) is 0 Å². The first-order valence-electron chi connectivity index (χ1n) is 29.9. The number of thiazole rings is 1. The normalized spacial score (nSPS) is 14.0. The third-order valence-electron chi connectivity index (χ3n) is 14.0. The predicted molar refractivity (Wildman–Crippen MR) is 331 cm³/mol. The summed E-state index contributed by atoms with van der Waals surface area (Å²) in [6.45, 7) is 48.6. The molecule has 10 atom stereocenters. The number of nitrogens with one attached hydrogen (secondary N) is 1. The van der Waals surface area contributed by atoms with Crippen molar-refractivity contribution in [3.8, 4) is 0 Å². The number of primary amides is 1. The third kappa shape index (κ3) is 41.5. The molecule has 0 radical (unpaired) electrons. The number of ether oxygens (including phenoxy) is 1. The Morgan fingerprint density at radius 2 is 1.24 bits per heavy atom. The van der Waals surface area contributed by atoms with Crippen LogP contribution in [0.15, 0.2) is 41.9 Å². The monoisotopic (exact) mass is 1090 g/mol. The molecule has 76 heavy (non-hydrogen) atoms. The smallest absolute Gasteiger partial charge is 0.224 e. The van der Waals surface area contributed by atoms with Crippen LogP contribution in [0.5, 0.6) is 0 Å². The van der Waals surface area contributed by atoms with Gasteiger partial charge in [0.05, 0.1) is 19.6 Å². The topological polar surface area (TPSA) is 152 Å². The molecular formula is C64H125N5O6S. The minimum absolute atomic E-state index is 0.0495. The van der Waals surface area contributed by atoms with Gasteiger partial charge in [-0.15, -0.1) is 11.3 Å². The minimum Gasteiger partial charge on any atom is -0.381 e. The summed E-state index contributed by atoms with van der Waals surface area (Å²) in [4.78, 5) is 64.3. The Morgan fingerprint density at radius 3 is 1.63 bits per heavy atom. The van der Waals surface area contributed by atoms with Crippen molar-refractivity contribution >= 4 is 41.8 Å². The molecule has 0 bridgehead atoms. The maximum atomic E-state index is 13.4. The van der Waals surface area contributed by atoms with E-state index in [9.17, 15) is 14.4 Å². The summed E-state index contributed by atoms with van der Waals surface area (Å²) in [6.07, 6.45) is 15.2. The lowest BCUT2D eigenvalue weighted by atomic mass is 9.72. The number of nitrogens with zero attached hydrogens (tertiary/aromatic N) is 3. The SMILES string of the molecule is CC.CC.CC=O.CCC.CCC(C)CCCC(C)C(C(C)CC)C(C)C(=O)NCc1nccs1.CCCOCCC(=O)N(C)C(CC(=O)N(C)C(C(C)CC)C(CC)C(C)CC)C(C)C.Cc1ccccc1.NC=O. The van der Waals surface area contributed by atoms with E-state index in [0.29, 0.717) is 68.1 Å². The van der Waals surface area contributed by atoms with E-state index in [1.54, 1.807) is 22.4 Å². The number of aldehydes is 1. The van der Waals surface area contributed by atoms with Crippen LogP contribution in [0, 0.1) is 60.2 Å². The fourth-order valence-corrected chi connectivity index (χ4v) is 9.62. The van der Waals surface area contributed by atoms with Gasteiger partial charge in [0, 0.05) is 56.7 Å². The average Bonchev–Trinajstić information content (AvgIpc) is 3.95. The van der Waals surface area contributed by atoms with Gasteiger partial charge in [0.15, 0.2) is 0 Å². The number of hydrogen-bond donors (Lipinski definition) is 2. The average molecular weight is 1090 g/mol. The number of benzene rings is 1. The molecule has 0 aliphatic carbocycles. The van der Waals surface area contributed by atoms with E-state index in [4.69, 9.17) is 14.3 Å². The Morgan fingerprint density at radius 1 is 0.724 bits per heavy atom. The molecule has 2 rings (SSSR count). The highest BCUT2D eigenvalue weighted by molar-refractivity contribution is 7.09. The molecule has 0 aliphatic heterocycles. The lowest BCUT2D eigenvalue weighted by Crippen LogP contribution is -2.50. The first-order chi connectivity index (χ1) is 36.1. The second-order valence-electron chi connectivity index (χ2n) is 20.3. The standard InChI is InChI=1S/C26H52N2O3.C21H38N2OS.C7H8.C3H8.C2H4O.2C2H6.CH3NO/c1-11-16-31-17-15-24(29)27(9)23(19(5)6)18-25(30)28(10)26(21(8)13-3)22(14-4)20(7)12-2;1-7-15(3)10-9-11-17(5)20(16(4)8-2)18(6)21(24)23-14-19-22-12-13-25-19;1-7-5-3-2-4-6-7;1-3-2;1-2-3;2*1-2;2-1-3/h19-23,26H,11-18H2,1-10H3;12-13,15-18,20H,7-11,14H2,1-6H3,(H,23,24);2-6H,1H3;3H2,1-2H3;2H,1H3;2*1-2H3;1H,(H2,2,3). The highest BCUT2D eigenvalue weighted by Crippen LogP contribution is 2.35. The summed E-state index contributed by atoms with van der Waals surface area (Å²) in [5.74, 6) is 4.55. The van der Waals surface area contributed by atoms with Crippen LogP contribution in [0.25, 0.3) is 0 Å². The van der Waals surface area contributed by atoms with Gasteiger partial charge in [0.2, 0.25) is 24.1 Å². The summed E-state index contributed by atoms with van der Waals surface area (Å²) in [6, 6.07) is 10.4. The molecule has 1 aromatic heterocycles. The summed E-state index contributed by atoms with van der Waals surface area (Å²) >= 11 is 1.59. The zero-order valence-corrected chi connectivity index (χ0v) is 54.7. The maximum Gasteiger partial charge on any atom is 0.224 e. The van der Waals surface area contributed by atoms with E-state index >= 15 is 0 Å². The number of hydrogen-bond acceptors (Lipinski definition) is 8.